The van der Waals surface area contributed by atoms with Crippen molar-refractivity contribution in [3.05, 3.63) is 59.4 Å². The predicted molar refractivity (Wildman–Crippen MR) is 89.5 cm³/mol. The second-order valence-electron chi connectivity index (χ2n) is 5.07. The third kappa shape index (κ3) is 3.88. The molecule has 1 aromatic heterocycles. The number of carbonyl (C=O) groups excluding carboxylic acids is 1. The van der Waals surface area contributed by atoms with Crippen molar-refractivity contribution < 1.29 is 9.53 Å². The molecule has 1 amide bonds. The fourth-order valence-corrected chi connectivity index (χ4v) is 2.31. The topological polar surface area (TPSA) is 81.9 Å². The number of nitrogens with zero attached hydrogens (tertiary/aromatic N) is 4. The number of amides is 1. The molecule has 0 fully saturated rings. The minimum absolute atomic E-state index is 0.117. The van der Waals surface area contributed by atoms with Crippen LogP contribution in [0.3, 0.4) is 0 Å². The Morgan fingerprint density at radius 3 is 2.71 bits per heavy atom. The van der Waals surface area contributed by atoms with Gasteiger partial charge in [-0.2, -0.15) is 0 Å². The van der Waals surface area contributed by atoms with Crippen LogP contribution in [0.1, 0.15) is 5.56 Å². The molecule has 1 heterocycles. The Morgan fingerprint density at radius 2 is 2.04 bits per heavy atom. The van der Waals surface area contributed by atoms with Crippen molar-refractivity contribution in [3.8, 4) is 11.4 Å². The van der Waals surface area contributed by atoms with Gasteiger partial charge in [0.05, 0.1) is 16.4 Å². The van der Waals surface area contributed by atoms with Crippen LogP contribution >= 0.6 is 11.6 Å². The van der Waals surface area contributed by atoms with Gasteiger partial charge in [-0.1, -0.05) is 17.7 Å². The zero-order valence-corrected chi connectivity index (χ0v) is 13.6. The number of hydrogen-bond acceptors (Lipinski definition) is 5. The average molecular weight is 344 g/mol. The Morgan fingerprint density at radius 1 is 1.25 bits per heavy atom. The van der Waals surface area contributed by atoms with Gasteiger partial charge in [0.15, 0.2) is 6.61 Å². The molecule has 0 aliphatic rings. The number of benzene rings is 2. The van der Waals surface area contributed by atoms with E-state index in [0.717, 1.165) is 11.3 Å². The molecule has 1 N–H and O–H groups in total. The minimum Gasteiger partial charge on any atom is -0.484 e. The van der Waals surface area contributed by atoms with E-state index in [1.807, 2.05) is 13.0 Å². The van der Waals surface area contributed by atoms with Crippen LogP contribution in [-0.4, -0.2) is 32.7 Å². The van der Waals surface area contributed by atoms with E-state index in [9.17, 15) is 4.79 Å². The maximum absolute atomic E-state index is 12.0. The number of aryl methyl sites for hydroxylation is 1. The Hall–Kier alpha value is -2.93. The lowest BCUT2D eigenvalue weighted by atomic mass is 10.2. The van der Waals surface area contributed by atoms with Crippen molar-refractivity contribution in [3.63, 3.8) is 0 Å². The molecule has 3 rings (SSSR count). The smallest absolute Gasteiger partial charge is 0.262 e. The van der Waals surface area contributed by atoms with E-state index in [-0.39, 0.29) is 12.5 Å². The quantitative estimate of drug-likeness (QED) is 0.770. The van der Waals surface area contributed by atoms with Crippen LogP contribution in [0.5, 0.6) is 5.75 Å². The minimum atomic E-state index is -0.287. The van der Waals surface area contributed by atoms with Crippen LogP contribution in [0.2, 0.25) is 5.02 Å². The molecule has 0 radical (unpaired) electrons. The summed E-state index contributed by atoms with van der Waals surface area (Å²) in [5, 5.41) is 14.1. The summed E-state index contributed by atoms with van der Waals surface area (Å²) in [4.78, 5) is 12.0. The highest BCUT2D eigenvalue weighted by atomic mass is 35.5. The van der Waals surface area contributed by atoms with Crippen molar-refractivity contribution in [2.75, 3.05) is 11.9 Å². The van der Waals surface area contributed by atoms with Crippen LogP contribution in [0.15, 0.2) is 48.8 Å². The largest absolute Gasteiger partial charge is 0.484 e. The molecule has 0 bridgehead atoms. The average Bonchev–Trinajstić information content (AvgIpc) is 3.11. The van der Waals surface area contributed by atoms with Gasteiger partial charge in [0, 0.05) is 0 Å². The number of ether oxygens (including phenoxy) is 1. The summed E-state index contributed by atoms with van der Waals surface area (Å²) >= 11 is 6.08. The fourth-order valence-electron chi connectivity index (χ4n) is 2.03. The van der Waals surface area contributed by atoms with Gasteiger partial charge in [-0.05, 0) is 59.3 Å². The first-order chi connectivity index (χ1) is 11.6. The summed E-state index contributed by atoms with van der Waals surface area (Å²) in [7, 11) is 0. The van der Waals surface area contributed by atoms with Gasteiger partial charge < -0.3 is 10.1 Å². The monoisotopic (exact) mass is 343 g/mol. The number of anilines is 1. The maximum Gasteiger partial charge on any atom is 0.262 e. The van der Waals surface area contributed by atoms with Gasteiger partial charge >= 0.3 is 0 Å². The highest BCUT2D eigenvalue weighted by Gasteiger charge is 2.07. The van der Waals surface area contributed by atoms with Crippen molar-refractivity contribution in [1.29, 1.82) is 0 Å². The normalized spacial score (nSPS) is 10.4. The molecule has 0 aliphatic carbocycles. The number of halogens is 1. The van der Waals surface area contributed by atoms with E-state index in [0.29, 0.717) is 16.5 Å². The van der Waals surface area contributed by atoms with E-state index in [2.05, 4.69) is 20.8 Å². The Balaban J connectivity index is 1.56. The van der Waals surface area contributed by atoms with E-state index < -0.39 is 0 Å². The number of rotatable bonds is 5. The number of hydrogen-bond donors (Lipinski definition) is 1. The first-order valence-electron chi connectivity index (χ1n) is 7.14. The van der Waals surface area contributed by atoms with E-state index in [1.165, 1.54) is 11.0 Å². The molecular weight excluding hydrogens is 330 g/mol. The molecule has 0 unspecified atom stereocenters. The van der Waals surface area contributed by atoms with Gasteiger partial charge in [0.2, 0.25) is 0 Å². The van der Waals surface area contributed by atoms with Gasteiger partial charge in [-0.3, -0.25) is 4.79 Å². The lowest BCUT2D eigenvalue weighted by Crippen LogP contribution is -2.20. The molecular formula is C16H14ClN5O2. The van der Waals surface area contributed by atoms with E-state index >= 15 is 0 Å². The number of carbonyl (C=O) groups is 1. The van der Waals surface area contributed by atoms with Crippen LogP contribution in [0.25, 0.3) is 5.69 Å². The lowest BCUT2D eigenvalue weighted by molar-refractivity contribution is -0.118. The van der Waals surface area contributed by atoms with Crippen molar-refractivity contribution in [2.45, 2.75) is 6.92 Å². The van der Waals surface area contributed by atoms with Crippen molar-refractivity contribution >= 4 is 23.2 Å². The van der Waals surface area contributed by atoms with Crippen LogP contribution in [0, 0.1) is 6.92 Å². The molecule has 0 atom stereocenters. The molecule has 2 aromatic carbocycles. The van der Waals surface area contributed by atoms with Gasteiger partial charge in [-0.15, -0.1) is 5.10 Å². The zero-order chi connectivity index (χ0) is 16.9. The molecule has 8 heteroatoms. The number of aromatic nitrogens is 4. The molecule has 24 heavy (non-hydrogen) atoms. The van der Waals surface area contributed by atoms with Gasteiger partial charge in [-0.25, -0.2) is 4.68 Å². The molecule has 7 nitrogen and oxygen atoms in total. The molecule has 0 saturated heterocycles. The van der Waals surface area contributed by atoms with E-state index in [4.69, 9.17) is 16.3 Å². The summed E-state index contributed by atoms with van der Waals surface area (Å²) in [6.07, 6.45) is 1.49. The van der Waals surface area contributed by atoms with Gasteiger partial charge in [0.25, 0.3) is 5.91 Å². The van der Waals surface area contributed by atoms with Gasteiger partial charge in [0.1, 0.15) is 12.1 Å². The van der Waals surface area contributed by atoms with E-state index in [1.54, 1.807) is 36.4 Å². The molecule has 0 spiro atoms. The summed E-state index contributed by atoms with van der Waals surface area (Å²) < 4.78 is 6.98. The molecule has 0 saturated carbocycles. The Labute approximate surface area is 143 Å². The number of tetrazole rings is 1. The summed E-state index contributed by atoms with van der Waals surface area (Å²) in [6, 6.07) is 12.5. The Bertz CT molecular complexity index is 834. The third-order valence-corrected chi connectivity index (χ3v) is 3.53. The van der Waals surface area contributed by atoms with Crippen LogP contribution in [0.4, 0.5) is 5.69 Å². The highest BCUT2D eigenvalue weighted by Crippen LogP contribution is 2.22. The van der Waals surface area contributed by atoms with Crippen molar-refractivity contribution in [1.82, 2.24) is 20.2 Å². The second-order valence-corrected chi connectivity index (χ2v) is 5.48. The first kappa shape index (κ1) is 15.9. The maximum atomic E-state index is 12.0. The van der Waals surface area contributed by atoms with Crippen LogP contribution < -0.4 is 10.1 Å². The third-order valence-electron chi connectivity index (χ3n) is 3.22. The zero-order valence-electron chi connectivity index (χ0n) is 12.8. The molecule has 122 valence electrons. The van der Waals surface area contributed by atoms with Crippen molar-refractivity contribution in [2.24, 2.45) is 0 Å². The summed E-state index contributed by atoms with van der Waals surface area (Å²) in [5.74, 6) is 0.280. The summed E-state index contributed by atoms with van der Waals surface area (Å²) in [5.41, 5.74) is 2.38. The second kappa shape index (κ2) is 7.10. The predicted octanol–water partition coefficient (Wildman–Crippen LogP) is 2.64. The first-order valence-corrected chi connectivity index (χ1v) is 7.52. The lowest BCUT2D eigenvalue weighted by Gasteiger charge is -2.09. The molecule has 0 aliphatic heterocycles. The van der Waals surface area contributed by atoms with Crippen LogP contribution in [-0.2, 0) is 4.79 Å². The SMILES string of the molecule is Cc1ccc(NC(=O)COc2ccc(-n3cnnn3)cc2)c(Cl)c1. The number of nitrogens with one attached hydrogen (secondary N) is 1. The molecule has 3 aromatic rings. The fraction of sp³-hybridized carbons (Fsp3) is 0.125. The Kier molecular flexibility index (Phi) is 4.72. The standard InChI is InChI=1S/C16H14ClN5O2/c1-11-2-7-15(14(17)8-11)19-16(23)9-24-13-5-3-12(4-6-13)22-10-18-20-21-22/h2-8,10H,9H2,1H3,(H,19,23). The highest BCUT2D eigenvalue weighted by molar-refractivity contribution is 6.33. The summed E-state index contributed by atoms with van der Waals surface area (Å²) in [6.45, 7) is 1.81.